The molecule has 2 rings (SSSR count). The number of methoxy groups -OCH3 is 1. The highest BCUT2D eigenvalue weighted by molar-refractivity contribution is 7.13. The lowest BCUT2D eigenvalue weighted by Crippen LogP contribution is -2.36. The van der Waals surface area contributed by atoms with Crippen LogP contribution in [0.25, 0.3) is 0 Å². The highest BCUT2D eigenvalue weighted by atomic mass is 32.1. The summed E-state index contributed by atoms with van der Waals surface area (Å²) in [5.41, 5.74) is 0.633. The summed E-state index contributed by atoms with van der Waals surface area (Å²) in [7, 11) is 1.58. The first-order valence-electron chi connectivity index (χ1n) is 7.77. The number of rotatable bonds is 7. The summed E-state index contributed by atoms with van der Waals surface area (Å²) >= 11 is 1.13. The Morgan fingerprint density at radius 2 is 1.88 bits per heavy atom. The van der Waals surface area contributed by atoms with Gasteiger partial charge >= 0.3 is 6.03 Å². The highest BCUT2D eigenvalue weighted by Gasteiger charge is 2.13. The average molecular weight is 363 g/mol. The van der Waals surface area contributed by atoms with E-state index in [0.717, 1.165) is 11.3 Å². The second-order valence-corrected chi connectivity index (χ2v) is 6.70. The van der Waals surface area contributed by atoms with Gasteiger partial charge in [-0.3, -0.25) is 4.79 Å². The van der Waals surface area contributed by atoms with Gasteiger partial charge in [-0.1, -0.05) is 25.2 Å². The minimum atomic E-state index is -0.349. The van der Waals surface area contributed by atoms with Gasteiger partial charge in [-0.2, -0.15) is 0 Å². The van der Waals surface area contributed by atoms with Crippen LogP contribution >= 0.6 is 11.3 Å². The van der Waals surface area contributed by atoms with Crippen LogP contribution in [-0.4, -0.2) is 35.8 Å². The van der Waals surface area contributed by atoms with Gasteiger partial charge in [0.2, 0.25) is 5.01 Å². The largest absolute Gasteiger partial charge is 0.497 e. The Hall–Kier alpha value is -2.68. The normalized spacial score (nSPS) is 10.4. The molecule has 0 saturated carbocycles. The van der Waals surface area contributed by atoms with E-state index in [9.17, 15) is 9.59 Å². The van der Waals surface area contributed by atoms with Gasteiger partial charge in [-0.25, -0.2) is 4.79 Å². The molecule has 0 radical (unpaired) electrons. The first-order chi connectivity index (χ1) is 12.0. The molecule has 0 aliphatic carbocycles. The zero-order chi connectivity index (χ0) is 18.2. The van der Waals surface area contributed by atoms with Crippen molar-refractivity contribution in [1.82, 2.24) is 20.8 Å². The van der Waals surface area contributed by atoms with E-state index < -0.39 is 0 Å². The second-order valence-electron chi connectivity index (χ2n) is 5.64. The van der Waals surface area contributed by atoms with Gasteiger partial charge in [0.15, 0.2) is 0 Å². The molecule has 8 nitrogen and oxygen atoms in total. The van der Waals surface area contributed by atoms with Gasteiger partial charge < -0.3 is 20.7 Å². The van der Waals surface area contributed by atoms with Crippen molar-refractivity contribution in [3.63, 3.8) is 0 Å². The number of hydrogen-bond donors (Lipinski definition) is 3. The van der Waals surface area contributed by atoms with Crippen molar-refractivity contribution in [3.05, 3.63) is 34.3 Å². The molecule has 25 heavy (non-hydrogen) atoms. The number of nitrogens with one attached hydrogen (secondary N) is 3. The molecule has 3 amide bonds. The molecule has 3 N–H and O–H groups in total. The lowest BCUT2D eigenvalue weighted by Gasteiger charge is -2.07. The molecule has 1 aromatic carbocycles. The average Bonchev–Trinajstić information content (AvgIpc) is 3.08. The number of urea groups is 1. The molecular formula is C16H21N5O3S. The number of ether oxygens (including phenoxy) is 1. The van der Waals surface area contributed by atoms with Gasteiger partial charge in [-0.05, 0) is 30.2 Å². The Morgan fingerprint density at radius 3 is 2.52 bits per heavy atom. The van der Waals surface area contributed by atoms with Crippen molar-refractivity contribution in [1.29, 1.82) is 0 Å². The number of benzene rings is 1. The van der Waals surface area contributed by atoms with Crippen molar-refractivity contribution in [2.45, 2.75) is 20.4 Å². The van der Waals surface area contributed by atoms with Crippen LogP contribution in [-0.2, 0) is 6.54 Å². The number of carbonyl (C=O) groups excluding carboxylic acids is 2. The maximum absolute atomic E-state index is 12.2. The van der Waals surface area contributed by atoms with Crippen molar-refractivity contribution in [2.75, 3.05) is 19.0 Å². The summed E-state index contributed by atoms with van der Waals surface area (Å²) in [6.07, 6.45) is 0. The van der Waals surface area contributed by atoms with Gasteiger partial charge in [0.05, 0.1) is 13.7 Å². The number of anilines is 1. The predicted molar refractivity (Wildman–Crippen MR) is 95.9 cm³/mol. The van der Waals surface area contributed by atoms with Crippen molar-refractivity contribution in [2.24, 2.45) is 5.92 Å². The van der Waals surface area contributed by atoms with Crippen LogP contribution in [0.4, 0.5) is 10.5 Å². The summed E-state index contributed by atoms with van der Waals surface area (Å²) in [6.45, 7) is 4.84. The van der Waals surface area contributed by atoms with Gasteiger partial charge in [0, 0.05) is 12.2 Å². The number of aromatic nitrogens is 2. The van der Waals surface area contributed by atoms with Crippen LogP contribution < -0.4 is 20.7 Å². The third kappa shape index (κ3) is 6.03. The van der Waals surface area contributed by atoms with E-state index in [4.69, 9.17) is 4.74 Å². The molecule has 0 aliphatic heterocycles. The SMILES string of the molecule is COc1ccc(NC(=O)c2nnc(CNC(=O)NCC(C)C)s2)cc1. The molecule has 0 spiro atoms. The van der Waals surface area contributed by atoms with E-state index in [1.54, 1.807) is 31.4 Å². The lowest BCUT2D eigenvalue weighted by molar-refractivity contribution is 0.102. The summed E-state index contributed by atoms with van der Waals surface area (Å²) in [4.78, 5) is 23.8. The third-order valence-electron chi connectivity index (χ3n) is 3.08. The van der Waals surface area contributed by atoms with Crippen molar-refractivity contribution < 1.29 is 14.3 Å². The molecule has 9 heteroatoms. The van der Waals surface area contributed by atoms with Crippen LogP contribution in [0.3, 0.4) is 0 Å². The molecule has 0 unspecified atom stereocenters. The quantitative estimate of drug-likeness (QED) is 0.700. The Labute approximate surface area is 150 Å². The van der Waals surface area contributed by atoms with Crippen LogP contribution in [0.15, 0.2) is 24.3 Å². The fraction of sp³-hybridized carbons (Fsp3) is 0.375. The zero-order valence-corrected chi connectivity index (χ0v) is 15.1. The van der Waals surface area contributed by atoms with E-state index in [0.29, 0.717) is 28.9 Å². The summed E-state index contributed by atoms with van der Waals surface area (Å²) < 4.78 is 5.07. The molecule has 0 aliphatic rings. The predicted octanol–water partition coefficient (Wildman–Crippen LogP) is 2.25. The lowest BCUT2D eigenvalue weighted by atomic mass is 10.2. The molecule has 0 bridgehead atoms. The molecule has 0 fully saturated rings. The van der Waals surface area contributed by atoms with Crippen LogP contribution in [0, 0.1) is 5.92 Å². The topological polar surface area (TPSA) is 105 Å². The minimum Gasteiger partial charge on any atom is -0.497 e. The first kappa shape index (κ1) is 18.7. The zero-order valence-electron chi connectivity index (χ0n) is 14.3. The van der Waals surface area contributed by atoms with E-state index in [2.05, 4.69) is 26.1 Å². The number of amides is 3. The van der Waals surface area contributed by atoms with E-state index in [1.165, 1.54) is 0 Å². The fourth-order valence-corrected chi connectivity index (χ4v) is 2.47. The first-order valence-corrected chi connectivity index (χ1v) is 8.59. The Balaban J connectivity index is 1.84. The molecule has 0 atom stereocenters. The fourth-order valence-electron chi connectivity index (χ4n) is 1.79. The van der Waals surface area contributed by atoms with E-state index in [1.807, 2.05) is 13.8 Å². The second kappa shape index (κ2) is 8.97. The highest BCUT2D eigenvalue weighted by Crippen LogP contribution is 2.17. The molecule has 0 saturated heterocycles. The molecule has 2 aromatic rings. The van der Waals surface area contributed by atoms with Gasteiger partial charge in [0.25, 0.3) is 5.91 Å². The van der Waals surface area contributed by atoms with E-state index >= 15 is 0 Å². The van der Waals surface area contributed by atoms with Crippen LogP contribution in [0.2, 0.25) is 0 Å². The summed E-state index contributed by atoms with van der Waals surface area (Å²) in [5, 5.41) is 16.7. The molecule has 1 aromatic heterocycles. The standard InChI is InChI=1S/C16H21N5O3S/c1-10(2)8-17-16(23)18-9-13-20-21-15(25-13)14(22)19-11-4-6-12(24-3)7-5-11/h4-7,10H,8-9H2,1-3H3,(H,19,22)(H2,17,18,23). The van der Waals surface area contributed by atoms with Gasteiger partial charge in [0.1, 0.15) is 10.8 Å². The smallest absolute Gasteiger partial charge is 0.315 e. The molecular weight excluding hydrogens is 342 g/mol. The van der Waals surface area contributed by atoms with Crippen LogP contribution in [0.1, 0.15) is 28.7 Å². The summed E-state index contributed by atoms with van der Waals surface area (Å²) in [5.74, 6) is 0.733. The maximum Gasteiger partial charge on any atom is 0.315 e. The van der Waals surface area contributed by atoms with Gasteiger partial charge in [-0.15, -0.1) is 10.2 Å². The summed E-state index contributed by atoms with van der Waals surface area (Å²) in [6, 6.07) is 6.70. The number of carbonyl (C=O) groups is 2. The Morgan fingerprint density at radius 1 is 1.16 bits per heavy atom. The third-order valence-corrected chi connectivity index (χ3v) is 4.00. The Kier molecular flexibility index (Phi) is 6.70. The molecule has 134 valence electrons. The van der Waals surface area contributed by atoms with Crippen LogP contribution in [0.5, 0.6) is 5.75 Å². The monoisotopic (exact) mass is 363 g/mol. The van der Waals surface area contributed by atoms with Crippen molar-refractivity contribution in [3.8, 4) is 5.75 Å². The maximum atomic E-state index is 12.2. The number of hydrogen-bond acceptors (Lipinski definition) is 6. The minimum absolute atomic E-state index is 0.220. The Bertz CT molecular complexity index is 715. The van der Waals surface area contributed by atoms with E-state index in [-0.39, 0.29) is 23.5 Å². The molecule has 1 heterocycles. The number of nitrogens with zero attached hydrogens (tertiary/aromatic N) is 2. The van der Waals surface area contributed by atoms with Crippen molar-refractivity contribution >= 4 is 29.0 Å².